The normalized spacial score (nSPS) is 13.3. The average Bonchev–Trinajstić information content (AvgIpc) is 3.71. The molecule has 0 amide bonds. The molecule has 1 aliphatic carbocycles. The van der Waals surface area contributed by atoms with E-state index in [0.717, 1.165) is 0 Å². The Kier molecular flexibility index (Phi) is 6.66. The molecule has 0 saturated heterocycles. The first kappa shape index (κ1) is 31.8. The van der Waals surface area contributed by atoms with Crippen molar-refractivity contribution in [2.24, 2.45) is 0 Å². The Balaban J connectivity index is 1.05. The van der Waals surface area contributed by atoms with Crippen LogP contribution >= 0.6 is 11.3 Å². The zero-order chi connectivity index (χ0) is 37.1. The molecular formula is C55H36S. The number of benzene rings is 10. The van der Waals surface area contributed by atoms with E-state index in [1.807, 2.05) is 11.3 Å². The smallest absolute Gasteiger partial charge is 0.0402 e. The molecule has 262 valence electrons. The van der Waals surface area contributed by atoms with Crippen molar-refractivity contribution in [1.82, 2.24) is 0 Å². The summed E-state index contributed by atoms with van der Waals surface area (Å²) in [5.41, 5.74) is 13.0. The number of rotatable bonds is 3. The Morgan fingerprint density at radius 2 is 0.911 bits per heavy atom. The lowest BCUT2D eigenvalue weighted by molar-refractivity contribution is 0.667. The van der Waals surface area contributed by atoms with Gasteiger partial charge in [-0.2, -0.15) is 0 Å². The van der Waals surface area contributed by atoms with Crippen LogP contribution in [0.3, 0.4) is 0 Å². The van der Waals surface area contributed by atoms with Crippen molar-refractivity contribution in [3.8, 4) is 44.5 Å². The summed E-state index contributed by atoms with van der Waals surface area (Å²) in [4.78, 5) is 0. The fourth-order valence-electron chi connectivity index (χ4n) is 9.95. The van der Waals surface area contributed by atoms with Crippen molar-refractivity contribution in [3.05, 3.63) is 193 Å². The Morgan fingerprint density at radius 3 is 1.61 bits per heavy atom. The van der Waals surface area contributed by atoms with Crippen LogP contribution in [0.4, 0.5) is 0 Å². The average molecular weight is 729 g/mol. The summed E-state index contributed by atoms with van der Waals surface area (Å²) in [5, 5.41) is 13.0. The van der Waals surface area contributed by atoms with Crippen molar-refractivity contribution in [1.29, 1.82) is 0 Å². The Morgan fingerprint density at radius 1 is 0.357 bits per heavy atom. The van der Waals surface area contributed by atoms with Gasteiger partial charge < -0.3 is 0 Å². The van der Waals surface area contributed by atoms with Crippen LogP contribution in [0.1, 0.15) is 25.0 Å². The number of thiophene rings is 1. The Bertz CT molecular complexity index is 3390. The second-order valence-corrected chi connectivity index (χ2v) is 17.1. The van der Waals surface area contributed by atoms with Crippen LogP contribution in [0.25, 0.3) is 108 Å². The van der Waals surface area contributed by atoms with E-state index in [9.17, 15) is 0 Å². The van der Waals surface area contributed by atoms with Gasteiger partial charge in [0.15, 0.2) is 0 Å². The molecule has 0 N–H and O–H groups in total. The highest BCUT2D eigenvalue weighted by molar-refractivity contribution is 7.26. The van der Waals surface area contributed by atoms with Crippen molar-refractivity contribution < 1.29 is 0 Å². The summed E-state index contributed by atoms with van der Waals surface area (Å²) in [5.74, 6) is 0. The lowest BCUT2D eigenvalue weighted by atomic mass is 9.81. The highest BCUT2D eigenvalue weighted by Crippen LogP contribution is 2.55. The summed E-state index contributed by atoms with van der Waals surface area (Å²) in [6.45, 7) is 4.84. The van der Waals surface area contributed by atoms with Gasteiger partial charge in [-0.05, 0) is 129 Å². The van der Waals surface area contributed by atoms with Crippen molar-refractivity contribution >= 4 is 74.6 Å². The maximum atomic E-state index is 2.49. The molecule has 0 aliphatic heterocycles. The lowest BCUT2D eigenvalue weighted by Crippen LogP contribution is -2.15. The Labute approximate surface area is 329 Å². The predicted octanol–water partition coefficient (Wildman–Crippen LogP) is 16.0. The van der Waals surface area contributed by atoms with Crippen LogP contribution in [0, 0.1) is 0 Å². The van der Waals surface area contributed by atoms with E-state index >= 15 is 0 Å². The molecule has 0 radical (unpaired) electrons. The fraction of sp³-hybridized carbons (Fsp3) is 0.0545. The first-order valence-electron chi connectivity index (χ1n) is 19.6. The van der Waals surface area contributed by atoms with Gasteiger partial charge >= 0.3 is 0 Å². The first-order chi connectivity index (χ1) is 27.5. The molecule has 1 aromatic heterocycles. The minimum absolute atomic E-state index is 0.118. The zero-order valence-corrected chi connectivity index (χ0v) is 32.0. The molecule has 0 nitrogen and oxygen atoms in total. The van der Waals surface area contributed by atoms with Gasteiger partial charge in [-0.25, -0.2) is 0 Å². The van der Waals surface area contributed by atoms with Gasteiger partial charge in [0.25, 0.3) is 0 Å². The molecule has 11 aromatic rings. The quantitative estimate of drug-likeness (QED) is 0.159. The van der Waals surface area contributed by atoms with E-state index in [1.54, 1.807) is 0 Å². The number of hydrogen-bond donors (Lipinski definition) is 0. The van der Waals surface area contributed by atoms with Gasteiger partial charge in [-0.3, -0.25) is 0 Å². The van der Waals surface area contributed by atoms with Gasteiger partial charge in [-0.15, -0.1) is 11.3 Å². The molecular weight excluding hydrogens is 693 g/mol. The van der Waals surface area contributed by atoms with Gasteiger partial charge in [0.2, 0.25) is 0 Å². The van der Waals surface area contributed by atoms with Gasteiger partial charge in [0.05, 0.1) is 0 Å². The molecule has 0 atom stereocenters. The molecule has 0 fully saturated rings. The van der Waals surface area contributed by atoms with Crippen LogP contribution in [0.5, 0.6) is 0 Å². The highest BCUT2D eigenvalue weighted by Gasteiger charge is 2.38. The summed E-state index contributed by atoms with van der Waals surface area (Å²) in [6.07, 6.45) is 0. The maximum Gasteiger partial charge on any atom is 0.0402 e. The second kappa shape index (κ2) is 11.7. The molecule has 0 saturated carbocycles. The van der Waals surface area contributed by atoms with E-state index in [-0.39, 0.29) is 5.41 Å². The summed E-state index contributed by atoms with van der Waals surface area (Å²) in [7, 11) is 0. The summed E-state index contributed by atoms with van der Waals surface area (Å²) < 4.78 is 2.78. The largest absolute Gasteiger partial charge is 0.135 e. The van der Waals surface area contributed by atoms with E-state index in [0.29, 0.717) is 0 Å². The third-order valence-corrected chi connectivity index (χ3v) is 13.8. The molecule has 0 bridgehead atoms. The molecule has 1 aliphatic rings. The maximum absolute atomic E-state index is 2.49. The number of hydrogen-bond acceptors (Lipinski definition) is 1. The van der Waals surface area contributed by atoms with E-state index in [1.165, 1.54) is 119 Å². The predicted molar refractivity (Wildman–Crippen MR) is 243 cm³/mol. The third-order valence-electron chi connectivity index (χ3n) is 12.6. The standard InChI is InChI=1S/C55H36S/c1-55(2)49-27-24-40(31-47(49)45-25-26-46-48-30-36-14-5-6-15-37(36)32-50(48)56-54(46)53(45)55)52-43-20-9-7-18-41(43)51(42-19-8-10-21-44(42)52)39-17-11-16-35(29-39)38-23-22-33-12-3-4-13-34(33)28-38/h3-32H,1-2H3. The van der Waals surface area contributed by atoms with Crippen LogP contribution in [0.15, 0.2) is 182 Å². The second-order valence-electron chi connectivity index (χ2n) is 16.0. The molecule has 1 heteroatoms. The minimum atomic E-state index is -0.118. The Hall–Kier alpha value is -6.54. The van der Waals surface area contributed by atoms with Gasteiger partial charge in [-0.1, -0.05) is 166 Å². The fourth-order valence-corrected chi connectivity index (χ4v) is 11.4. The molecule has 56 heavy (non-hydrogen) atoms. The van der Waals surface area contributed by atoms with E-state index in [4.69, 9.17) is 0 Å². The van der Waals surface area contributed by atoms with Gasteiger partial charge in [0, 0.05) is 25.6 Å². The number of fused-ring (bicyclic) bond motifs is 11. The summed E-state index contributed by atoms with van der Waals surface area (Å²) >= 11 is 1.96. The topological polar surface area (TPSA) is 0 Å². The van der Waals surface area contributed by atoms with Crippen LogP contribution in [0.2, 0.25) is 0 Å². The van der Waals surface area contributed by atoms with E-state index in [2.05, 4.69) is 196 Å². The van der Waals surface area contributed by atoms with Gasteiger partial charge in [0.1, 0.15) is 0 Å². The highest BCUT2D eigenvalue weighted by atomic mass is 32.1. The van der Waals surface area contributed by atoms with Crippen molar-refractivity contribution in [3.63, 3.8) is 0 Å². The zero-order valence-electron chi connectivity index (χ0n) is 31.2. The van der Waals surface area contributed by atoms with Crippen LogP contribution in [-0.2, 0) is 5.41 Å². The molecule has 1 heterocycles. The van der Waals surface area contributed by atoms with E-state index < -0.39 is 0 Å². The minimum Gasteiger partial charge on any atom is -0.135 e. The van der Waals surface area contributed by atoms with Crippen LogP contribution in [-0.4, -0.2) is 0 Å². The molecule has 0 spiro atoms. The molecule has 0 unspecified atom stereocenters. The SMILES string of the molecule is CC1(C)c2ccc(-c3c4ccccc4c(-c4cccc(-c5ccc6ccccc6c5)c4)c4ccccc34)cc2-c2ccc3c(sc4cc5ccccc5cc43)c21. The summed E-state index contributed by atoms with van der Waals surface area (Å²) in [6, 6.07) is 68.2. The third kappa shape index (κ3) is 4.53. The molecule has 10 aromatic carbocycles. The van der Waals surface area contributed by atoms with Crippen molar-refractivity contribution in [2.75, 3.05) is 0 Å². The molecule has 12 rings (SSSR count). The van der Waals surface area contributed by atoms with Crippen LogP contribution < -0.4 is 0 Å². The van der Waals surface area contributed by atoms with Crippen molar-refractivity contribution in [2.45, 2.75) is 19.3 Å². The first-order valence-corrected chi connectivity index (χ1v) is 20.4. The lowest BCUT2D eigenvalue weighted by Gasteiger charge is -2.22. The monoisotopic (exact) mass is 728 g/mol.